The lowest BCUT2D eigenvalue weighted by molar-refractivity contribution is -0.185. The minimum absolute atomic E-state index is 0.213. The van der Waals surface area contributed by atoms with Crippen molar-refractivity contribution in [3.05, 3.63) is 59.7 Å². The van der Waals surface area contributed by atoms with Crippen LogP contribution in [0.3, 0.4) is 0 Å². The number of hydrogen-bond donors (Lipinski definition) is 0. The quantitative estimate of drug-likeness (QED) is 0.0838. The number of hydrogen-bond acceptors (Lipinski definition) is 1. The van der Waals surface area contributed by atoms with Gasteiger partial charge in [0.2, 0.25) is 0 Å². The largest absolute Gasteiger partial charge is 0.359 e. The van der Waals surface area contributed by atoms with Gasteiger partial charge in [-0.3, -0.25) is 0 Å². The van der Waals surface area contributed by atoms with E-state index in [4.69, 9.17) is 4.74 Å². The normalized spacial score (nSPS) is 14.9. The Hall–Kier alpha value is -1.60. The van der Waals surface area contributed by atoms with Crippen molar-refractivity contribution in [1.82, 2.24) is 0 Å². The van der Waals surface area contributed by atoms with Crippen LogP contribution in [0.15, 0.2) is 48.5 Å². The topological polar surface area (TPSA) is 9.23 Å². The zero-order valence-electron chi connectivity index (χ0n) is 31.8. The highest BCUT2D eigenvalue weighted by molar-refractivity contribution is 5.74. The average Bonchev–Trinajstić information content (AvgIpc) is 3.19. The summed E-state index contributed by atoms with van der Waals surface area (Å²) in [5, 5.41) is 0. The van der Waals surface area contributed by atoms with Crippen molar-refractivity contribution in [2.45, 2.75) is 219 Å². The number of ether oxygens (including phenoxy) is 1. The molecule has 0 aliphatic carbocycles. The van der Waals surface area contributed by atoms with Gasteiger partial charge in [0.15, 0.2) is 0 Å². The second-order valence-corrected chi connectivity index (χ2v) is 15.3. The van der Waals surface area contributed by atoms with E-state index in [2.05, 4.69) is 76.2 Å². The SMILES string of the molecule is CCCCCCCCC1(CCCCCCCC)OC(CCCCCCCC)(CCCCCCCC)c2ccccc2-c2ccccc21. The fourth-order valence-corrected chi connectivity index (χ4v) is 8.47. The standard InChI is InChI=1S/C46H76O/c1-5-9-13-17-21-29-37-45(38-30-22-18-14-10-6-2)43-35-27-25-33-41(43)42-34-26-28-36-44(42)46(47-45,39-31-23-19-15-11-7-3)40-32-24-20-16-12-8-4/h25-28,33-36H,5-24,29-32,37-40H2,1-4H3. The van der Waals surface area contributed by atoms with Crippen LogP contribution < -0.4 is 0 Å². The van der Waals surface area contributed by atoms with Crippen molar-refractivity contribution in [2.24, 2.45) is 0 Å². The first-order valence-corrected chi connectivity index (χ1v) is 21.1. The molecule has 266 valence electrons. The zero-order valence-corrected chi connectivity index (χ0v) is 31.8. The van der Waals surface area contributed by atoms with Gasteiger partial charge in [0, 0.05) is 0 Å². The van der Waals surface area contributed by atoms with Crippen LogP contribution in [-0.2, 0) is 15.9 Å². The number of unbranched alkanes of at least 4 members (excludes halogenated alkanes) is 20. The predicted octanol–water partition coefficient (Wildman–Crippen LogP) is 15.8. The molecule has 1 aliphatic heterocycles. The molecule has 0 radical (unpaired) electrons. The van der Waals surface area contributed by atoms with Crippen LogP contribution in [-0.4, -0.2) is 0 Å². The Labute approximate surface area is 293 Å². The molecule has 0 bridgehead atoms. The summed E-state index contributed by atoms with van der Waals surface area (Å²) in [6.07, 6.45) is 36.8. The minimum atomic E-state index is -0.213. The summed E-state index contributed by atoms with van der Waals surface area (Å²) in [6.45, 7) is 9.32. The summed E-state index contributed by atoms with van der Waals surface area (Å²) < 4.78 is 8.15. The molecule has 1 aliphatic rings. The van der Waals surface area contributed by atoms with E-state index in [0.717, 1.165) is 25.7 Å². The fourth-order valence-electron chi connectivity index (χ4n) is 8.47. The molecule has 0 saturated heterocycles. The van der Waals surface area contributed by atoms with Gasteiger partial charge in [-0.1, -0.05) is 230 Å². The molecule has 0 amide bonds. The molecule has 0 N–H and O–H groups in total. The lowest BCUT2D eigenvalue weighted by Crippen LogP contribution is -2.41. The van der Waals surface area contributed by atoms with E-state index >= 15 is 0 Å². The Kier molecular flexibility index (Phi) is 20.1. The first-order valence-electron chi connectivity index (χ1n) is 21.1. The van der Waals surface area contributed by atoms with Gasteiger partial charge in [-0.15, -0.1) is 0 Å². The summed E-state index contributed by atoms with van der Waals surface area (Å²) in [6, 6.07) is 19.0. The smallest absolute Gasteiger partial charge is 0.0949 e. The molecule has 1 heterocycles. The lowest BCUT2D eigenvalue weighted by atomic mass is 9.79. The maximum Gasteiger partial charge on any atom is 0.0949 e. The summed E-state index contributed by atoms with van der Waals surface area (Å²) in [5.74, 6) is 0. The minimum Gasteiger partial charge on any atom is -0.359 e. The number of fused-ring (bicyclic) bond motifs is 3. The van der Waals surface area contributed by atoms with Crippen LogP contribution >= 0.6 is 0 Å². The third kappa shape index (κ3) is 13.0. The van der Waals surface area contributed by atoms with Gasteiger partial charge in [0.25, 0.3) is 0 Å². The van der Waals surface area contributed by atoms with E-state index in [0.29, 0.717) is 0 Å². The van der Waals surface area contributed by atoms with Gasteiger partial charge in [-0.05, 0) is 47.9 Å². The Morgan fingerprint density at radius 3 is 0.894 bits per heavy atom. The van der Waals surface area contributed by atoms with Crippen molar-refractivity contribution in [3.8, 4) is 11.1 Å². The van der Waals surface area contributed by atoms with E-state index in [1.165, 1.54) is 176 Å². The first-order chi connectivity index (χ1) is 23.2. The molecule has 47 heavy (non-hydrogen) atoms. The molecule has 0 fully saturated rings. The van der Waals surface area contributed by atoms with Crippen LogP contribution in [0.1, 0.15) is 219 Å². The van der Waals surface area contributed by atoms with E-state index in [-0.39, 0.29) is 11.2 Å². The van der Waals surface area contributed by atoms with Crippen LogP contribution in [0.5, 0.6) is 0 Å². The third-order valence-corrected chi connectivity index (χ3v) is 11.3. The maximum absolute atomic E-state index is 8.15. The molecule has 2 aromatic carbocycles. The second-order valence-electron chi connectivity index (χ2n) is 15.3. The molecule has 1 heteroatoms. The highest BCUT2D eigenvalue weighted by atomic mass is 16.5. The van der Waals surface area contributed by atoms with Gasteiger partial charge in [0.1, 0.15) is 0 Å². The molecule has 1 nitrogen and oxygen atoms in total. The third-order valence-electron chi connectivity index (χ3n) is 11.3. The molecule has 0 aromatic heterocycles. The maximum atomic E-state index is 8.15. The first kappa shape index (κ1) is 39.8. The van der Waals surface area contributed by atoms with E-state index in [1.807, 2.05) is 0 Å². The summed E-state index contributed by atoms with van der Waals surface area (Å²) in [4.78, 5) is 0. The van der Waals surface area contributed by atoms with Crippen molar-refractivity contribution < 1.29 is 4.74 Å². The van der Waals surface area contributed by atoms with E-state index in [9.17, 15) is 0 Å². The van der Waals surface area contributed by atoms with Crippen molar-refractivity contribution in [1.29, 1.82) is 0 Å². The Morgan fingerprint density at radius 2 is 0.596 bits per heavy atom. The highest BCUT2D eigenvalue weighted by Crippen LogP contribution is 2.54. The van der Waals surface area contributed by atoms with Gasteiger partial charge in [-0.25, -0.2) is 0 Å². The van der Waals surface area contributed by atoms with Crippen LogP contribution in [0, 0.1) is 0 Å². The molecule has 0 atom stereocenters. The predicted molar refractivity (Wildman–Crippen MR) is 208 cm³/mol. The molecule has 0 saturated carbocycles. The van der Waals surface area contributed by atoms with Crippen LogP contribution in [0.25, 0.3) is 11.1 Å². The van der Waals surface area contributed by atoms with Gasteiger partial charge in [0.05, 0.1) is 11.2 Å². The van der Waals surface area contributed by atoms with E-state index in [1.54, 1.807) is 0 Å². The van der Waals surface area contributed by atoms with Crippen LogP contribution in [0.2, 0.25) is 0 Å². The average molecular weight is 645 g/mol. The Morgan fingerprint density at radius 1 is 0.340 bits per heavy atom. The van der Waals surface area contributed by atoms with Crippen molar-refractivity contribution >= 4 is 0 Å². The second kappa shape index (κ2) is 23.7. The van der Waals surface area contributed by atoms with Gasteiger partial charge < -0.3 is 4.74 Å². The van der Waals surface area contributed by atoms with Gasteiger partial charge in [-0.2, -0.15) is 0 Å². The Bertz CT molecular complexity index is 937. The lowest BCUT2D eigenvalue weighted by Gasteiger charge is -2.45. The summed E-state index contributed by atoms with van der Waals surface area (Å²) in [5.41, 5.74) is 5.45. The molecule has 2 aromatic rings. The molecule has 0 spiro atoms. The number of rotatable bonds is 28. The van der Waals surface area contributed by atoms with Gasteiger partial charge >= 0.3 is 0 Å². The molecule has 3 rings (SSSR count). The van der Waals surface area contributed by atoms with Crippen LogP contribution in [0.4, 0.5) is 0 Å². The molecular formula is C46H76O. The monoisotopic (exact) mass is 645 g/mol. The molecule has 0 unspecified atom stereocenters. The summed E-state index contributed by atoms with van der Waals surface area (Å²) in [7, 11) is 0. The highest BCUT2D eigenvalue weighted by Gasteiger charge is 2.47. The number of benzene rings is 2. The zero-order chi connectivity index (χ0) is 33.5. The molecular weight excluding hydrogens is 569 g/mol. The van der Waals surface area contributed by atoms with Crippen molar-refractivity contribution in [2.75, 3.05) is 0 Å². The Balaban J connectivity index is 2.02. The fraction of sp³-hybridized carbons (Fsp3) is 0.739. The summed E-state index contributed by atoms with van der Waals surface area (Å²) >= 11 is 0. The van der Waals surface area contributed by atoms with E-state index < -0.39 is 0 Å². The van der Waals surface area contributed by atoms with Crippen molar-refractivity contribution in [3.63, 3.8) is 0 Å².